The van der Waals surface area contributed by atoms with Crippen LogP contribution in [0.3, 0.4) is 0 Å². The second-order valence-electron chi connectivity index (χ2n) is 3.25. The predicted molar refractivity (Wildman–Crippen MR) is 60.0 cm³/mol. The maximum absolute atomic E-state index is 10.8. The van der Waals surface area contributed by atoms with Crippen LogP contribution < -0.4 is 0 Å². The molecule has 1 atom stereocenters. The average Bonchev–Trinajstić information content (AvgIpc) is 2.67. The lowest BCUT2D eigenvalue weighted by Crippen LogP contribution is -2.14. The maximum atomic E-state index is 10.8. The van der Waals surface area contributed by atoms with Gasteiger partial charge in [-0.1, -0.05) is 0 Å². The van der Waals surface area contributed by atoms with E-state index in [0.29, 0.717) is 5.82 Å². The van der Waals surface area contributed by atoms with Crippen LogP contribution in [0.15, 0.2) is 12.4 Å². The number of aromatic nitrogens is 2. The van der Waals surface area contributed by atoms with Crippen LogP contribution in [0.5, 0.6) is 0 Å². The van der Waals surface area contributed by atoms with Crippen molar-refractivity contribution < 1.29 is 37.3 Å². The molecule has 19 heavy (non-hydrogen) atoms. The molecule has 1 aromatic rings. The zero-order valence-electron chi connectivity index (χ0n) is 9.42. The Morgan fingerprint density at radius 3 is 2.16 bits per heavy atom. The number of hydrogen-bond donors (Lipinski definition) is 5. The molecule has 10 nitrogen and oxygen atoms in total. The van der Waals surface area contributed by atoms with Crippen molar-refractivity contribution in [3.63, 3.8) is 0 Å². The largest absolute Gasteiger partial charge is 0.481 e. The first kappa shape index (κ1) is 17.0. The molecule has 1 unspecified atom stereocenters. The Kier molecular flexibility index (Phi) is 6.68. The molecule has 0 fully saturated rings. The van der Waals surface area contributed by atoms with Gasteiger partial charge < -0.3 is 15.2 Å². The fourth-order valence-electron chi connectivity index (χ4n) is 1.11. The third kappa shape index (κ3) is 9.70. The molecule has 5 N–H and O–H groups in total. The number of imidazole rings is 1. The van der Waals surface area contributed by atoms with E-state index in [9.17, 15) is 9.59 Å². The number of nitrogens with one attached hydrogen (secondary N) is 1. The van der Waals surface area contributed by atoms with Crippen LogP contribution in [0.25, 0.3) is 0 Å². The number of carboxylic acid groups (broad SMARTS) is 2. The van der Waals surface area contributed by atoms with Gasteiger partial charge in [-0.05, 0) is 6.42 Å². The number of aliphatic carboxylic acids is 2. The van der Waals surface area contributed by atoms with Gasteiger partial charge in [-0.25, -0.2) is 4.98 Å². The Balaban J connectivity index is 0.000000555. The number of aromatic amines is 1. The molecule has 0 radical (unpaired) electrons. The Hall–Kier alpha value is -1.98. The minimum absolute atomic E-state index is 0.0399. The number of carbonyl (C=O) groups is 2. The molecule has 1 heterocycles. The van der Waals surface area contributed by atoms with Crippen molar-refractivity contribution in [2.75, 3.05) is 0 Å². The van der Waals surface area contributed by atoms with Crippen LogP contribution in [0.1, 0.15) is 24.6 Å². The maximum Gasteiger partial charge on any atom is 0.394 e. The van der Waals surface area contributed by atoms with Crippen LogP contribution in [0.4, 0.5) is 0 Å². The molecule has 0 aromatic carbocycles. The van der Waals surface area contributed by atoms with Gasteiger partial charge in [0.15, 0.2) is 0 Å². The SMILES string of the molecule is O=C(O)CCC(C(=O)O)c1ncc[nH]1.O=S(=O)(O)O. The second kappa shape index (κ2) is 7.45. The summed E-state index contributed by atoms with van der Waals surface area (Å²) in [7, 11) is -4.67. The molecule has 0 spiro atoms. The van der Waals surface area contributed by atoms with Crippen molar-refractivity contribution in [1.82, 2.24) is 9.97 Å². The summed E-state index contributed by atoms with van der Waals surface area (Å²) in [6.45, 7) is 0. The zero-order valence-corrected chi connectivity index (χ0v) is 10.2. The van der Waals surface area contributed by atoms with E-state index < -0.39 is 28.3 Å². The molecular formula is C8H12N2O8S. The second-order valence-corrected chi connectivity index (χ2v) is 4.14. The van der Waals surface area contributed by atoms with Crippen LogP contribution in [0.2, 0.25) is 0 Å². The van der Waals surface area contributed by atoms with Crippen LogP contribution in [-0.4, -0.2) is 49.6 Å². The third-order valence-electron chi connectivity index (χ3n) is 1.79. The Morgan fingerprint density at radius 2 is 1.84 bits per heavy atom. The van der Waals surface area contributed by atoms with Gasteiger partial charge in [0.1, 0.15) is 11.7 Å². The first-order valence-corrected chi connectivity index (χ1v) is 6.14. The Morgan fingerprint density at radius 1 is 1.32 bits per heavy atom. The van der Waals surface area contributed by atoms with E-state index in [1.54, 1.807) is 0 Å². The monoisotopic (exact) mass is 296 g/mol. The summed E-state index contributed by atoms with van der Waals surface area (Å²) in [5.41, 5.74) is 0. The molecular weight excluding hydrogens is 284 g/mol. The molecule has 1 rings (SSSR count). The molecule has 11 heteroatoms. The molecule has 0 amide bonds. The predicted octanol–water partition coefficient (Wildman–Crippen LogP) is -0.210. The minimum atomic E-state index is -4.67. The zero-order chi connectivity index (χ0) is 15.1. The van der Waals surface area contributed by atoms with Crippen molar-refractivity contribution in [3.8, 4) is 0 Å². The van der Waals surface area contributed by atoms with Gasteiger partial charge in [0, 0.05) is 18.8 Å². The smallest absolute Gasteiger partial charge is 0.394 e. The fourth-order valence-corrected chi connectivity index (χ4v) is 1.11. The molecule has 0 bridgehead atoms. The molecule has 0 aliphatic heterocycles. The summed E-state index contributed by atoms with van der Waals surface area (Å²) >= 11 is 0. The third-order valence-corrected chi connectivity index (χ3v) is 1.79. The first-order chi connectivity index (χ1) is 8.61. The van der Waals surface area contributed by atoms with Crippen LogP contribution >= 0.6 is 0 Å². The van der Waals surface area contributed by atoms with Gasteiger partial charge in [-0.15, -0.1) is 0 Å². The number of hydrogen-bond acceptors (Lipinski definition) is 5. The number of rotatable bonds is 5. The van der Waals surface area contributed by atoms with Crippen LogP contribution in [-0.2, 0) is 20.0 Å². The lowest BCUT2D eigenvalue weighted by Gasteiger charge is -2.06. The van der Waals surface area contributed by atoms with Gasteiger partial charge >= 0.3 is 22.3 Å². The molecule has 108 valence electrons. The minimum Gasteiger partial charge on any atom is -0.481 e. The topological polar surface area (TPSA) is 178 Å². The van der Waals surface area contributed by atoms with Gasteiger partial charge in [-0.3, -0.25) is 18.7 Å². The van der Waals surface area contributed by atoms with Gasteiger partial charge in [-0.2, -0.15) is 8.42 Å². The molecule has 0 aliphatic rings. The van der Waals surface area contributed by atoms with Gasteiger partial charge in [0.2, 0.25) is 0 Å². The number of carboxylic acids is 2. The summed E-state index contributed by atoms with van der Waals surface area (Å²) in [6.07, 6.45) is 2.80. The molecule has 0 saturated heterocycles. The van der Waals surface area contributed by atoms with Gasteiger partial charge in [0.05, 0.1) is 0 Å². The lowest BCUT2D eigenvalue weighted by molar-refractivity contribution is -0.140. The van der Waals surface area contributed by atoms with E-state index in [1.165, 1.54) is 12.4 Å². The summed E-state index contributed by atoms with van der Waals surface area (Å²) in [6, 6.07) is 0. The summed E-state index contributed by atoms with van der Waals surface area (Å²) < 4.78 is 31.6. The lowest BCUT2D eigenvalue weighted by atomic mass is 10.0. The highest BCUT2D eigenvalue weighted by molar-refractivity contribution is 7.79. The highest BCUT2D eigenvalue weighted by atomic mass is 32.3. The molecule has 1 aromatic heterocycles. The van der Waals surface area contributed by atoms with E-state index in [0.717, 1.165) is 0 Å². The van der Waals surface area contributed by atoms with E-state index in [-0.39, 0.29) is 12.8 Å². The van der Waals surface area contributed by atoms with Crippen molar-refractivity contribution >= 4 is 22.3 Å². The Labute approximate surface area is 107 Å². The normalized spacial score (nSPS) is 12.1. The highest BCUT2D eigenvalue weighted by Gasteiger charge is 2.22. The van der Waals surface area contributed by atoms with E-state index in [2.05, 4.69) is 9.97 Å². The molecule has 0 saturated carbocycles. The Bertz CT molecular complexity index is 501. The van der Waals surface area contributed by atoms with Gasteiger partial charge in [0.25, 0.3) is 0 Å². The molecule has 0 aliphatic carbocycles. The van der Waals surface area contributed by atoms with Crippen LogP contribution in [0, 0.1) is 0 Å². The standard InChI is InChI=1S/C8H10N2O4.H2O4S/c11-6(12)2-1-5(8(13)14)7-9-3-4-10-7;1-5(2,3)4/h3-5H,1-2H2,(H,9,10)(H,11,12)(H,13,14);(H2,1,2,3,4). The van der Waals surface area contributed by atoms with E-state index >= 15 is 0 Å². The van der Waals surface area contributed by atoms with E-state index in [4.69, 9.17) is 27.7 Å². The number of H-pyrrole nitrogens is 1. The van der Waals surface area contributed by atoms with Crippen molar-refractivity contribution in [1.29, 1.82) is 0 Å². The summed E-state index contributed by atoms with van der Waals surface area (Å²) in [4.78, 5) is 27.5. The fraction of sp³-hybridized carbons (Fsp3) is 0.375. The van der Waals surface area contributed by atoms with Crippen molar-refractivity contribution in [3.05, 3.63) is 18.2 Å². The number of nitrogens with zero attached hydrogens (tertiary/aromatic N) is 1. The quantitative estimate of drug-likeness (QED) is 0.459. The highest BCUT2D eigenvalue weighted by Crippen LogP contribution is 2.17. The average molecular weight is 296 g/mol. The summed E-state index contributed by atoms with van der Waals surface area (Å²) in [5, 5.41) is 17.2. The van der Waals surface area contributed by atoms with Crippen molar-refractivity contribution in [2.24, 2.45) is 0 Å². The summed E-state index contributed by atoms with van der Waals surface area (Å²) in [5.74, 6) is -2.66. The first-order valence-electron chi connectivity index (χ1n) is 4.75. The van der Waals surface area contributed by atoms with E-state index in [1.807, 2.05) is 0 Å². The van der Waals surface area contributed by atoms with Crippen molar-refractivity contribution in [2.45, 2.75) is 18.8 Å².